The van der Waals surface area contributed by atoms with Crippen molar-refractivity contribution < 1.29 is 9.53 Å². The minimum absolute atomic E-state index is 0.475. The third-order valence-electron chi connectivity index (χ3n) is 4.13. The molecule has 0 aromatic heterocycles. The molecule has 0 saturated carbocycles. The first-order valence-electron chi connectivity index (χ1n) is 9.95. The summed E-state index contributed by atoms with van der Waals surface area (Å²) in [6, 6.07) is 0. The van der Waals surface area contributed by atoms with Gasteiger partial charge in [0.15, 0.2) is 0 Å². The summed E-state index contributed by atoms with van der Waals surface area (Å²) in [4.78, 5) is 11.8. The van der Waals surface area contributed by atoms with E-state index in [-0.39, 0.29) is 0 Å². The number of ether oxygens (including phenoxy) is 1. The summed E-state index contributed by atoms with van der Waals surface area (Å²) in [5.41, 5.74) is 0. The van der Waals surface area contributed by atoms with Crippen LogP contribution in [0.25, 0.3) is 0 Å². The molecule has 3 nitrogen and oxygen atoms in total. The molecule has 0 aliphatic heterocycles. The van der Waals surface area contributed by atoms with Gasteiger partial charge in [-0.1, -0.05) is 37.8 Å². The van der Waals surface area contributed by atoms with Crippen LogP contribution in [-0.4, -0.2) is 45.0 Å². The van der Waals surface area contributed by atoms with E-state index in [1.54, 1.807) is 0 Å². The molecule has 0 amide bonds. The van der Waals surface area contributed by atoms with Gasteiger partial charge >= 0.3 is 0 Å². The molecule has 0 atom stereocenters. The zero-order chi connectivity index (χ0) is 19.2. The third-order valence-corrected chi connectivity index (χ3v) is 4.13. The van der Waals surface area contributed by atoms with Crippen LogP contribution in [0.5, 0.6) is 0 Å². The van der Waals surface area contributed by atoms with Crippen LogP contribution >= 0.6 is 0 Å². The fraction of sp³-hybridized carbons (Fsp3) is 0.773. The molecule has 0 heterocycles. The van der Waals surface area contributed by atoms with Gasteiger partial charge in [-0.3, -0.25) is 0 Å². The summed E-state index contributed by atoms with van der Waals surface area (Å²) >= 11 is 0. The number of hydrogen-bond donors (Lipinski definition) is 0. The maximum absolute atomic E-state index is 9.77. The summed E-state index contributed by atoms with van der Waals surface area (Å²) in [7, 11) is 5.85. The highest BCUT2D eigenvalue weighted by Crippen LogP contribution is 2.14. The van der Waals surface area contributed by atoms with Crippen LogP contribution in [0.3, 0.4) is 0 Å². The monoisotopic (exact) mass is 353 g/mol. The molecule has 148 valence electrons. The quantitative estimate of drug-likeness (QED) is 0.188. The number of nitrogens with zero attached hydrogens (tertiary/aromatic N) is 1. The Morgan fingerprint density at radius 3 is 1.72 bits per heavy atom. The average Bonchev–Trinajstić information content (AvgIpc) is 2.60. The number of aldehydes is 1. The van der Waals surface area contributed by atoms with E-state index in [2.05, 4.69) is 18.1 Å². The van der Waals surface area contributed by atoms with Gasteiger partial charge in [-0.05, 0) is 65.6 Å². The Bertz CT molecular complexity index is 272. The highest BCUT2D eigenvalue weighted by molar-refractivity contribution is 5.48. The summed E-state index contributed by atoms with van der Waals surface area (Å²) in [5, 5.41) is 0. The lowest BCUT2D eigenvalue weighted by molar-refractivity contribution is -0.107. The van der Waals surface area contributed by atoms with Crippen LogP contribution in [0.2, 0.25) is 0 Å². The molecule has 0 bridgehead atoms. The van der Waals surface area contributed by atoms with E-state index >= 15 is 0 Å². The SMILES string of the molecule is C=CCCCCCC(CCCCCC=C)OC.CN(C)CCCC=O. The van der Waals surface area contributed by atoms with Crippen molar-refractivity contribution >= 4 is 6.29 Å². The molecule has 0 spiro atoms. The molecule has 0 radical (unpaired) electrons. The molecular weight excluding hydrogens is 310 g/mol. The zero-order valence-electron chi connectivity index (χ0n) is 17.2. The van der Waals surface area contributed by atoms with Crippen LogP contribution in [-0.2, 0) is 9.53 Å². The van der Waals surface area contributed by atoms with E-state index < -0.39 is 0 Å². The number of carbonyl (C=O) groups is 1. The Kier molecular flexibility index (Phi) is 24.3. The van der Waals surface area contributed by atoms with E-state index in [0.717, 1.165) is 32.1 Å². The Morgan fingerprint density at radius 2 is 1.36 bits per heavy atom. The largest absolute Gasteiger partial charge is 0.381 e. The fourth-order valence-electron chi connectivity index (χ4n) is 2.55. The van der Waals surface area contributed by atoms with Crippen molar-refractivity contribution in [2.45, 2.75) is 83.2 Å². The van der Waals surface area contributed by atoms with E-state index in [1.807, 2.05) is 33.4 Å². The number of carbonyl (C=O) groups excluding carboxylic acids is 1. The Hall–Kier alpha value is -0.930. The molecule has 25 heavy (non-hydrogen) atoms. The van der Waals surface area contributed by atoms with E-state index in [9.17, 15) is 4.79 Å². The highest BCUT2D eigenvalue weighted by atomic mass is 16.5. The molecule has 0 saturated heterocycles. The van der Waals surface area contributed by atoms with Crippen LogP contribution in [0.1, 0.15) is 77.0 Å². The number of unbranched alkanes of at least 4 members (excludes halogenated alkanes) is 7. The van der Waals surface area contributed by atoms with E-state index in [4.69, 9.17) is 4.74 Å². The molecular formula is C22H43NO2. The predicted molar refractivity (Wildman–Crippen MR) is 111 cm³/mol. The van der Waals surface area contributed by atoms with Gasteiger partial charge < -0.3 is 14.4 Å². The van der Waals surface area contributed by atoms with Crippen molar-refractivity contribution in [3.63, 3.8) is 0 Å². The topological polar surface area (TPSA) is 29.5 Å². The third kappa shape index (κ3) is 25.4. The van der Waals surface area contributed by atoms with Gasteiger partial charge in [-0.25, -0.2) is 0 Å². The number of methoxy groups -OCH3 is 1. The van der Waals surface area contributed by atoms with Crippen molar-refractivity contribution in [3.05, 3.63) is 25.3 Å². The standard InChI is InChI=1S/C16H30O.C6H13NO/c1-4-6-8-10-12-14-16(17-3)15-13-11-9-7-5-2;1-7(2)5-3-4-6-8/h4-5,16H,1-2,6-15H2,3H3;6H,3-5H2,1-2H3. The molecule has 0 aliphatic rings. The van der Waals surface area contributed by atoms with Gasteiger partial charge in [-0.2, -0.15) is 0 Å². The van der Waals surface area contributed by atoms with Crippen molar-refractivity contribution in [3.8, 4) is 0 Å². The maximum Gasteiger partial charge on any atom is 0.120 e. The molecule has 0 unspecified atom stereocenters. The summed E-state index contributed by atoms with van der Waals surface area (Å²) < 4.78 is 5.52. The van der Waals surface area contributed by atoms with E-state index in [1.165, 1.54) is 51.4 Å². The maximum atomic E-state index is 9.77. The Morgan fingerprint density at radius 1 is 0.840 bits per heavy atom. The van der Waals surface area contributed by atoms with Crippen LogP contribution < -0.4 is 0 Å². The summed E-state index contributed by atoms with van der Waals surface area (Å²) in [5.74, 6) is 0. The lowest BCUT2D eigenvalue weighted by Gasteiger charge is -2.14. The first-order chi connectivity index (χ1) is 12.1. The van der Waals surface area contributed by atoms with Crippen molar-refractivity contribution in [1.29, 1.82) is 0 Å². The van der Waals surface area contributed by atoms with Crippen molar-refractivity contribution in [2.75, 3.05) is 27.7 Å². The molecule has 0 aromatic carbocycles. The van der Waals surface area contributed by atoms with Crippen LogP contribution in [0.15, 0.2) is 25.3 Å². The van der Waals surface area contributed by atoms with E-state index in [0.29, 0.717) is 12.5 Å². The normalized spacial score (nSPS) is 10.4. The molecule has 0 N–H and O–H groups in total. The second-order valence-electron chi connectivity index (χ2n) is 6.82. The first kappa shape index (κ1) is 26.3. The number of hydrogen-bond acceptors (Lipinski definition) is 3. The van der Waals surface area contributed by atoms with Gasteiger partial charge in [0.05, 0.1) is 6.10 Å². The predicted octanol–water partition coefficient (Wildman–Crippen LogP) is 5.80. The highest BCUT2D eigenvalue weighted by Gasteiger charge is 2.06. The second kappa shape index (κ2) is 23.1. The lowest BCUT2D eigenvalue weighted by atomic mass is 10.0. The summed E-state index contributed by atoms with van der Waals surface area (Å²) in [6.07, 6.45) is 19.6. The lowest BCUT2D eigenvalue weighted by Crippen LogP contribution is -2.12. The second-order valence-corrected chi connectivity index (χ2v) is 6.82. The van der Waals surface area contributed by atoms with Gasteiger partial charge in [0.2, 0.25) is 0 Å². The molecule has 0 rings (SSSR count). The molecule has 0 aromatic rings. The van der Waals surface area contributed by atoms with Crippen LogP contribution in [0.4, 0.5) is 0 Å². The number of allylic oxidation sites excluding steroid dienone is 2. The van der Waals surface area contributed by atoms with Gasteiger partial charge in [0.25, 0.3) is 0 Å². The van der Waals surface area contributed by atoms with Crippen molar-refractivity contribution in [2.24, 2.45) is 0 Å². The number of rotatable bonds is 17. The average molecular weight is 354 g/mol. The first-order valence-corrected chi connectivity index (χ1v) is 9.95. The van der Waals surface area contributed by atoms with Crippen LogP contribution in [0, 0.1) is 0 Å². The minimum Gasteiger partial charge on any atom is -0.381 e. The zero-order valence-corrected chi connectivity index (χ0v) is 17.2. The molecule has 3 heteroatoms. The smallest absolute Gasteiger partial charge is 0.120 e. The Labute approximate surface area is 157 Å². The molecule has 0 aliphatic carbocycles. The fourth-order valence-corrected chi connectivity index (χ4v) is 2.55. The minimum atomic E-state index is 0.475. The van der Waals surface area contributed by atoms with Crippen molar-refractivity contribution in [1.82, 2.24) is 4.90 Å². The Balaban J connectivity index is 0. The molecule has 0 fully saturated rings. The summed E-state index contributed by atoms with van der Waals surface area (Å²) in [6.45, 7) is 8.50. The van der Waals surface area contributed by atoms with Gasteiger partial charge in [0.1, 0.15) is 6.29 Å². The van der Waals surface area contributed by atoms with Gasteiger partial charge in [-0.15, -0.1) is 13.2 Å². The van der Waals surface area contributed by atoms with Gasteiger partial charge in [0, 0.05) is 13.5 Å².